The molecule has 14 heavy (non-hydrogen) atoms. The molecule has 0 spiro atoms. The Balaban J connectivity index is 3.85. The first-order valence-corrected chi connectivity index (χ1v) is 5.46. The molecule has 0 heterocycles. The maximum absolute atomic E-state index is 11.7. The van der Waals surface area contributed by atoms with Crippen molar-refractivity contribution in [2.75, 3.05) is 6.61 Å². The predicted molar refractivity (Wildman–Crippen MR) is 60.8 cm³/mol. The van der Waals surface area contributed by atoms with Gasteiger partial charge in [-0.1, -0.05) is 25.7 Å². The van der Waals surface area contributed by atoms with Gasteiger partial charge in [0, 0.05) is 18.3 Å². The number of unbranched alkanes of at least 4 members (excludes halogenated alkanes) is 1. The minimum Gasteiger partial charge on any atom is -0.327 e. The third kappa shape index (κ3) is 5.45. The second kappa shape index (κ2) is 7.07. The second-order valence-corrected chi connectivity index (χ2v) is 4.22. The van der Waals surface area contributed by atoms with E-state index < -0.39 is 5.41 Å². The Bertz CT molecular complexity index is 212. The van der Waals surface area contributed by atoms with Gasteiger partial charge in [-0.15, -0.1) is 0 Å². The van der Waals surface area contributed by atoms with Gasteiger partial charge in [-0.25, -0.2) is 0 Å². The molecule has 0 fully saturated rings. The van der Waals surface area contributed by atoms with E-state index in [1.165, 1.54) is 0 Å². The fourth-order valence-electron chi connectivity index (χ4n) is 0.954. The molecule has 0 atom stereocenters. The van der Waals surface area contributed by atoms with Crippen molar-refractivity contribution in [1.29, 1.82) is 1.34 Å². The maximum atomic E-state index is 11.7. The number of Topliss-reactive ketones (excluding diaryl/α,β-unsaturated/α-hetero) is 1. The number of rotatable bonds is 9. The van der Waals surface area contributed by atoms with Crippen molar-refractivity contribution in [1.82, 2.24) is 0 Å². The first kappa shape index (κ1) is 11.8. The lowest BCUT2D eigenvalue weighted by atomic mass is 9.86. The van der Waals surface area contributed by atoms with Crippen LogP contribution in [-0.4, -0.2) is 27.1 Å². The van der Waals surface area contributed by atoms with Crippen LogP contribution >= 0.6 is 11.9 Å². The zero-order valence-electron chi connectivity index (χ0n) is 9.75. The minimum absolute atomic E-state index is 0.106. The monoisotopic (exact) mass is 218 g/mol. The van der Waals surface area contributed by atoms with Crippen molar-refractivity contribution in [2.45, 2.75) is 33.1 Å². The summed E-state index contributed by atoms with van der Waals surface area (Å²) in [6.07, 6.45) is 2.29. The van der Waals surface area contributed by atoms with Gasteiger partial charge in [-0.05, 0) is 7.76 Å². The molecule has 0 saturated heterocycles. The fourth-order valence-corrected chi connectivity index (χ4v) is 1.33. The Kier molecular flexibility index (Phi) is 5.95. The van der Waals surface area contributed by atoms with E-state index in [9.17, 15) is 9.59 Å². The third-order valence-corrected chi connectivity index (χ3v) is 2.27. The third-order valence-electron chi connectivity index (χ3n) is 1.98. The van der Waals surface area contributed by atoms with Gasteiger partial charge >= 0.3 is 0 Å². The molecule has 0 aromatic rings. The Morgan fingerprint density at radius 3 is 3.00 bits per heavy atom. The highest BCUT2D eigenvalue weighted by molar-refractivity contribution is 8.15. The van der Waals surface area contributed by atoms with Crippen LogP contribution in [0.1, 0.15) is 33.1 Å². The molecule has 5 heteroatoms. The summed E-state index contributed by atoms with van der Waals surface area (Å²) in [6.45, 7) is 3.96. The summed E-state index contributed by atoms with van der Waals surface area (Å²) in [4.78, 5) is 21.8. The Labute approximate surface area is 91.8 Å². The van der Waals surface area contributed by atoms with E-state index in [2.05, 4.69) is 0 Å². The van der Waals surface area contributed by atoms with Gasteiger partial charge in [0.15, 0.2) is 0 Å². The van der Waals surface area contributed by atoms with Crippen LogP contribution in [0.25, 0.3) is 0 Å². The molecule has 0 radical (unpaired) electrons. The van der Waals surface area contributed by atoms with E-state index >= 15 is 0 Å². The summed E-state index contributed by atoms with van der Waals surface area (Å²) in [5, 5.41) is 0. The summed E-state index contributed by atoms with van der Waals surface area (Å²) in [5.41, 5.74) is -0.523. The summed E-state index contributed by atoms with van der Waals surface area (Å²) >= 11 is 1.04. The second-order valence-electron chi connectivity index (χ2n) is 3.75. The van der Waals surface area contributed by atoms with Crippen LogP contribution in [0.2, 0.25) is 0 Å². The highest BCUT2D eigenvalue weighted by atomic mass is 32.2. The highest BCUT2D eigenvalue weighted by Crippen LogP contribution is 2.21. The summed E-state index contributed by atoms with van der Waals surface area (Å²) in [7, 11) is 0.134. The van der Waals surface area contributed by atoms with Crippen LogP contribution in [0.5, 0.6) is 0 Å². The molecule has 0 rings (SSSR count). The molecule has 0 unspecified atom stereocenters. The number of hydrogen-bond acceptors (Lipinski definition) is 4. The van der Waals surface area contributed by atoms with E-state index in [4.69, 9.17) is 5.52 Å². The molecule has 80 valence electrons. The van der Waals surface area contributed by atoms with Gasteiger partial charge in [-0.2, -0.15) is 0 Å². The zero-order chi connectivity index (χ0) is 11.7. The Morgan fingerprint density at radius 1 is 1.71 bits per heavy atom. The van der Waals surface area contributed by atoms with E-state index in [0.717, 1.165) is 18.2 Å². The molecule has 0 aliphatic rings. The number of carbonyl (C=O) groups excluding carboxylic acids is 2. The molecule has 0 bridgehead atoms. The lowest BCUT2D eigenvalue weighted by Gasteiger charge is -2.21. The van der Waals surface area contributed by atoms with Gasteiger partial charge in [0.2, 0.25) is 7.09 Å². The first-order valence-electron chi connectivity index (χ1n) is 5.26. The highest BCUT2D eigenvalue weighted by Gasteiger charge is 2.26. The molecule has 0 aromatic carbocycles. The molecule has 0 aromatic heterocycles. The van der Waals surface area contributed by atoms with Crippen molar-refractivity contribution < 1.29 is 13.8 Å². The van der Waals surface area contributed by atoms with E-state index in [1.807, 2.05) is 13.8 Å². The molecule has 0 N–H and O–H groups in total. The average molecular weight is 218 g/mol. The Hall–Kier alpha value is -0.285. The number of ketones is 1. The number of hydrogen-bond donors (Lipinski definition) is 0. The van der Waals surface area contributed by atoms with Crippen molar-refractivity contribution >= 4 is 31.1 Å². The van der Waals surface area contributed by atoms with Crippen LogP contribution in [0, 0.1) is 5.41 Å². The largest absolute Gasteiger partial charge is 0.327 e. The summed E-state index contributed by atoms with van der Waals surface area (Å²) in [5.74, 6) is 0.106. The summed E-state index contributed by atoms with van der Waals surface area (Å²) < 4.78 is 12.0. The molecular formula is C9H17BO3S. The topological polar surface area (TPSA) is 43.4 Å². The van der Waals surface area contributed by atoms with Gasteiger partial charge in [0.05, 0.1) is 6.61 Å². The van der Waals surface area contributed by atoms with Crippen molar-refractivity contribution in [3.05, 3.63) is 0 Å². The van der Waals surface area contributed by atoms with Gasteiger partial charge in [-0.3, -0.25) is 4.79 Å². The standard InChI is InChI=1S/C9H17BO3S/c1-9(2,7-13-14-10)8(12)5-3-4-6-11/h6H,3-5,7,10H2,1-2H3/i10T. The van der Waals surface area contributed by atoms with Crippen LogP contribution in [-0.2, 0) is 13.8 Å². The smallest absolute Gasteiger partial charge is 0.210 e. The molecular weight excluding hydrogens is 199 g/mol. The van der Waals surface area contributed by atoms with E-state index in [0.29, 0.717) is 25.9 Å². The van der Waals surface area contributed by atoms with Gasteiger partial charge in [0.1, 0.15) is 12.1 Å². The lowest BCUT2D eigenvalue weighted by molar-refractivity contribution is -0.128. The number of carbonyl (C=O) groups is 2. The lowest BCUT2D eigenvalue weighted by Crippen LogP contribution is -2.28. The van der Waals surface area contributed by atoms with E-state index in [1.54, 1.807) is 0 Å². The van der Waals surface area contributed by atoms with Crippen LogP contribution in [0.3, 0.4) is 0 Å². The van der Waals surface area contributed by atoms with Crippen molar-refractivity contribution in [3.63, 3.8) is 0 Å². The SMILES string of the molecule is [3H]BSOCC(C)(C)C(=O)CCCC=O. The first-order chi connectivity index (χ1) is 7.04. The quantitative estimate of drug-likeness (QED) is 0.252. The maximum Gasteiger partial charge on any atom is 0.210 e. The average Bonchev–Trinajstić information content (AvgIpc) is 2.18. The van der Waals surface area contributed by atoms with Crippen molar-refractivity contribution in [2.24, 2.45) is 5.41 Å². The number of aldehydes is 1. The summed E-state index contributed by atoms with van der Waals surface area (Å²) in [6, 6.07) is 0. The normalized spacial score (nSPS) is 12.0. The van der Waals surface area contributed by atoms with Crippen molar-refractivity contribution in [3.8, 4) is 0 Å². The molecule has 0 aliphatic heterocycles. The van der Waals surface area contributed by atoms with Crippen LogP contribution in [0.4, 0.5) is 0 Å². The molecule has 3 nitrogen and oxygen atoms in total. The van der Waals surface area contributed by atoms with Crippen LogP contribution < -0.4 is 0 Å². The zero-order valence-corrected chi connectivity index (χ0v) is 9.56. The van der Waals surface area contributed by atoms with E-state index in [-0.39, 0.29) is 12.9 Å². The Morgan fingerprint density at radius 2 is 2.43 bits per heavy atom. The fraction of sp³-hybridized carbons (Fsp3) is 0.778. The van der Waals surface area contributed by atoms with Gasteiger partial charge < -0.3 is 8.98 Å². The predicted octanol–water partition coefficient (Wildman–Crippen LogP) is 1.16. The molecule has 0 amide bonds. The van der Waals surface area contributed by atoms with Crippen LogP contribution in [0.15, 0.2) is 0 Å². The minimum atomic E-state index is -0.523. The van der Waals surface area contributed by atoms with Gasteiger partial charge in [0.25, 0.3) is 0 Å². The molecule has 0 aliphatic carbocycles. The molecule has 0 saturated carbocycles.